The van der Waals surface area contributed by atoms with Gasteiger partial charge in [-0.2, -0.15) is 0 Å². The van der Waals surface area contributed by atoms with Crippen molar-refractivity contribution in [3.05, 3.63) is 12.2 Å². The van der Waals surface area contributed by atoms with Gasteiger partial charge in [0.2, 0.25) is 0 Å². The highest BCUT2D eigenvalue weighted by atomic mass is 31.2. The fraction of sp³-hybridized carbons (Fsp3) is 0.800. The van der Waals surface area contributed by atoms with E-state index in [2.05, 4.69) is 25.5 Å². The molecule has 0 aromatic carbocycles. The average molecular weight is 169 g/mol. The van der Waals surface area contributed by atoms with Crippen LogP contribution in [0.2, 0.25) is 0 Å². The molecule has 0 N–H and O–H groups in total. The first kappa shape index (κ1) is 7.80. The standard InChI is InChI=1S/C10H18P/c1-11(2)9-5-3-4-6-10(11)8-7-9/h7-10H,3-6H2,1-2H3/q+1. The van der Waals surface area contributed by atoms with Crippen LogP contribution in [0.5, 0.6) is 0 Å². The SMILES string of the molecule is C[P+]1(C)C2C=CC1CCCC2. The first-order valence-electron chi connectivity index (χ1n) is 4.73. The van der Waals surface area contributed by atoms with Crippen molar-refractivity contribution in [2.45, 2.75) is 37.0 Å². The molecule has 2 unspecified atom stereocenters. The van der Waals surface area contributed by atoms with Crippen molar-refractivity contribution in [3.8, 4) is 0 Å². The highest BCUT2D eigenvalue weighted by Crippen LogP contribution is 2.68. The molecule has 2 rings (SSSR count). The van der Waals surface area contributed by atoms with Crippen LogP contribution in [-0.2, 0) is 0 Å². The molecular formula is C10H18P+. The predicted molar refractivity (Wildman–Crippen MR) is 54.0 cm³/mol. The fourth-order valence-corrected chi connectivity index (χ4v) is 5.78. The zero-order valence-corrected chi connectivity index (χ0v) is 8.48. The van der Waals surface area contributed by atoms with E-state index in [4.69, 9.17) is 0 Å². The number of fused-ring (bicyclic) bond motifs is 2. The Kier molecular flexibility index (Phi) is 1.84. The number of hydrogen-bond acceptors (Lipinski definition) is 0. The van der Waals surface area contributed by atoms with Crippen LogP contribution < -0.4 is 0 Å². The summed E-state index contributed by atoms with van der Waals surface area (Å²) in [7, 11) is -0.562. The van der Waals surface area contributed by atoms with Gasteiger partial charge >= 0.3 is 0 Å². The maximum Gasteiger partial charge on any atom is 0.0878 e. The Morgan fingerprint density at radius 3 is 1.91 bits per heavy atom. The van der Waals surface area contributed by atoms with Gasteiger partial charge in [-0.3, -0.25) is 0 Å². The molecule has 1 fully saturated rings. The minimum atomic E-state index is -0.562. The maximum absolute atomic E-state index is 2.55. The van der Waals surface area contributed by atoms with E-state index in [0.29, 0.717) is 0 Å². The molecule has 2 bridgehead atoms. The van der Waals surface area contributed by atoms with Gasteiger partial charge in [0.1, 0.15) is 0 Å². The summed E-state index contributed by atoms with van der Waals surface area (Å²) in [6, 6.07) is 0. The van der Waals surface area contributed by atoms with Gasteiger partial charge in [-0.1, -0.05) is 0 Å². The summed E-state index contributed by atoms with van der Waals surface area (Å²) in [5.41, 5.74) is 1.99. The first-order chi connectivity index (χ1) is 5.21. The van der Waals surface area contributed by atoms with Gasteiger partial charge in [0.05, 0.1) is 11.3 Å². The second-order valence-corrected chi connectivity index (χ2v) is 9.02. The number of allylic oxidation sites excluding steroid dienone is 2. The molecule has 1 saturated heterocycles. The third-order valence-corrected chi connectivity index (χ3v) is 7.79. The van der Waals surface area contributed by atoms with E-state index >= 15 is 0 Å². The lowest BCUT2D eigenvalue weighted by atomic mass is 10.1. The molecule has 1 heteroatoms. The molecule has 0 aromatic heterocycles. The third kappa shape index (κ3) is 1.16. The van der Waals surface area contributed by atoms with E-state index in [1.807, 2.05) is 0 Å². The molecular weight excluding hydrogens is 151 g/mol. The molecule has 2 heterocycles. The van der Waals surface area contributed by atoms with E-state index in [-0.39, 0.29) is 0 Å². The lowest BCUT2D eigenvalue weighted by molar-refractivity contribution is 0.673. The molecule has 11 heavy (non-hydrogen) atoms. The summed E-state index contributed by atoms with van der Waals surface area (Å²) < 4.78 is 0. The van der Waals surface area contributed by atoms with Gasteiger partial charge in [-0.15, -0.1) is 0 Å². The van der Waals surface area contributed by atoms with Crippen molar-refractivity contribution >= 4 is 7.26 Å². The Labute approximate surface area is 70.4 Å². The van der Waals surface area contributed by atoms with Crippen molar-refractivity contribution in [3.63, 3.8) is 0 Å². The Morgan fingerprint density at radius 2 is 1.45 bits per heavy atom. The van der Waals surface area contributed by atoms with E-state index in [1.54, 1.807) is 0 Å². The van der Waals surface area contributed by atoms with Crippen molar-refractivity contribution < 1.29 is 0 Å². The van der Waals surface area contributed by atoms with Gasteiger partial charge < -0.3 is 0 Å². The van der Waals surface area contributed by atoms with E-state index in [0.717, 1.165) is 11.3 Å². The summed E-state index contributed by atoms with van der Waals surface area (Å²) >= 11 is 0. The molecule has 0 amide bonds. The third-order valence-electron chi connectivity index (χ3n) is 3.51. The Bertz CT molecular complexity index is 163. The fourth-order valence-electron chi connectivity index (χ4n) is 2.51. The molecule has 0 spiro atoms. The smallest absolute Gasteiger partial charge is 0.0491 e. The van der Waals surface area contributed by atoms with Crippen LogP contribution in [-0.4, -0.2) is 24.6 Å². The lowest BCUT2D eigenvalue weighted by Gasteiger charge is -2.23. The van der Waals surface area contributed by atoms with Crippen LogP contribution in [0, 0.1) is 0 Å². The summed E-state index contributed by atoms with van der Waals surface area (Å²) in [5, 5.41) is 0. The van der Waals surface area contributed by atoms with E-state index in [1.165, 1.54) is 25.7 Å². The summed E-state index contributed by atoms with van der Waals surface area (Å²) in [6.07, 6.45) is 10.9. The van der Waals surface area contributed by atoms with Gasteiger partial charge in [-0.05, 0) is 37.8 Å². The summed E-state index contributed by atoms with van der Waals surface area (Å²) in [5.74, 6) is 0. The predicted octanol–water partition coefficient (Wildman–Crippen LogP) is 3.14. The Morgan fingerprint density at radius 1 is 1.00 bits per heavy atom. The lowest BCUT2D eigenvalue weighted by Crippen LogP contribution is -2.10. The second-order valence-electron chi connectivity index (χ2n) is 4.43. The summed E-state index contributed by atoms with van der Waals surface area (Å²) in [6.45, 7) is 5.10. The topological polar surface area (TPSA) is 0 Å². The van der Waals surface area contributed by atoms with Crippen LogP contribution >= 0.6 is 7.26 Å². The monoisotopic (exact) mass is 169 g/mol. The molecule has 0 aliphatic carbocycles. The minimum Gasteiger partial charge on any atom is -0.0491 e. The molecule has 2 aliphatic rings. The molecule has 0 nitrogen and oxygen atoms in total. The van der Waals surface area contributed by atoms with Gasteiger partial charge in [-0.25, -0.2) is 0 Å². The molecule has 0 aromatic rings. The Hall–Kier alpha value is 0.170. The first-order valence-corrected chi connectivity index (χ1v) is 7.55. The molecule has 2 atom stereocenters. The van der Waals surface area contributed by atoms with Crippen molar-refractivity contribution in [1.29, 1.82) is 0 Å². The zero-order chi connectivity index (χ0) is 7.90. The average Bonchev–Trinajstić information content (AvgIpc) is 2.00. The van der Waals surface area contributed by atoms with Crippen molar-refractivity contribution in [2.24, 2.45) is 0 Å². The van der Waals surface area contributed by atoms with E-state index in [9.17, 15) is 0 Å². The molecule has 0 saturated carbocycles. The maximum atomic E-state index is 2.55. The normalized spacial score (nSPS) is 40.5. The Balaban J connectivity index is 2.25. The molecule has 0 radical (unpaired) electrons. The van der Waals surface area contributed by atoms with Crippen LogP contribution in [0.3, 0.4) is 0 Å². The van der Waals surface area contributed by atoms with Gasteiger partial charge in [0.25, 0.3) is 0 Å². The molecule has 62 valence electrons. The zero-order valence-electron chi connectivity index (χ0n) is 7.59. The van der Waals surface area contributed by atoms with Crippen LogP contribution in [0.15, 0.2) is 12.2 Å². The van der Waals surface area contributed by atoms with Crippen LogP contribution in [0.1, 0.15) is 25.7 Å². The minimum absolute atomic E-state index is 0.562. The largest absolute Gasteiger partial charge is 0.0878 e. The molecule has 2 aliphatic heterocycles. The number of hydrogen-bond donors (Lipinski definition) is 0. The second kappa shape index (κ2) is 2.59. The van der Waals surface area contributed by atoms with Crippen LogP contribution in [0.4, 0.5) is 0 Å². The van der Waals surface area contributed by atoms with Crippen molar-refractivity contribution in [1.82, 2.24) is 0 Å². The highest BCUT2D eigenvalue weighted by molar-refractivity contribution is 7.76. The van der Waals surface area contributed by atoms with Gasteiger partial charge in [0.15, 0.2) is 0 Å². The number of rotatable bonds is 0. The highest BCUT2D eigenvalue weighted by Gasteiger charge is 2.46. The quantitative estimate of drug-likeness (QED) is 0.386. The van der Waals surface area contributed by atoms with Crippen LogP contribution in [0.25, 0.3) is 0 Å². The van der Waals surface area contributed by atoms with Crippen molar-refractivity contribution in [2.75, 3.05) is 13.3 Å². The van der Waals surface area contributed by atoms with E-state index < -0.39 is 7.26 Å². The van der Waals surface area contributed by atoms with Gasteiger partial charge in [0, 0.05) is 20.6 Å². The summed E-state index contributed by atoms with van der Waals surface area (Å²) in [4.78, 5) is 0.